The van der Waals surface area contributed by atoms with E-state index in [-0.39, 0.29) is 18.9 Å². The lowest BCUT2D eigenvalue weighted by atomic mass is 10.1. The summed E-state index contributed by atoms with van der Waals surface area (Å²) in [6, 6.07) is 14.7. The van der Waals surface area contributed by atoms with Gasteiger partial charge in [0.15, 0.2) is 17.3 Å². The highest BCUT2D eigenvalue weighted by Crippen LogP contribution is 2.28. The third-order valence-corrected chi connectivity index (χ3v) is 4.19. The first-order valence-corrected chi connectivity index (χ1v) is 8.70. The van der Waals surface area contributed by atoms with Gasteiger partial charge >= 0.3 is 0 Å². The Hall–Kier alpha value is -3.48. The summed E-state index contributed by atoms with van der Waals surface area (Å²) < 4.78 is 21.0. The number of ether oxygens (including phenoxy) is 3. The van der Waals surface area contributed by atoms with E-state index in [1.807, 2.05) is 30.3 Å². The Morgan fingerprint density at radius 2 is 1.82 bits per heavy atom. The summed E-state index contributed by atoms with van der Waals surface area (Å²) in [6.45, 7) is 0.277. The molecule has 2 aromatic carbocycles. The number of rotatable bonds is 8. The Kier molecular flexibility index (Phi) is 6.16. The number of nitrogens with one attached hydrogen (secondary N) is 1. The van der Waals surface area contributed by atoms with Crippen LogP contribution in [0.15, 0.2) is 53.1 Å². The number of carbonyl (C=O) groups is 1. The third-order valence-electron chi connectivity index (χ3n) is 4.19. The molecule has 7 nitrogen and oxygen atoms in total. The average Bonchev–Trinajstić information content (AvgIpc) is 3.21. The van der Waals surface area contributed by atoms with Crippen molar-refractivity contribution in [2.45, 2.75) is 13.0 Å². The molecule has 0 spiro atoms. The van der Waals surface area contributed by atoms with Gasteiger partial charge in [0.25, 0.3) is 0 Å². The lowest BCUT2D eigenvalue weighted by molar-refractivity contribution is -0.120. The van der Waals surface area contributed by atoms with Gasteiger partial charge in [0.1, 0.15) is 11.4 Å². The number of nitrogens with zero attached hydrogens (tertiary/aromatic N) is 1. The first-order chi connectivity index (χ1) is 13.6. The number of benzene rings is 2. The van der Waals surface area contributed by atoms with Crippen LogP contribution in [0.25, 0.3) is 11.3 Å². The summed E-state index contributed by atoms with van der Waals surface area (Å²) in [5, 5.41) is 6.85. The number of hydrogen-bond acceptors (Lipinski definition) is 6. The molecule has 7 heteroatoms. The number of methoxy groups -OCH3 is 3. The zero-order valence-electron chi connectivity index (χ0n) is 16.0. The molecule has 1 aromatic heterocycles. The first kappa shape index (κ1) is 19.3. The van der Waals surface area contributed by atoms with E-state index < -0.39 is 0 Å². The molecule has 0 atom stereocenters. The Morgan fingerprint density at radius 1 is 1.00 bits per heavy atom. The molecule has 0 radical (unpaired) electrons. The van der Waals surface area contributed by atoms with E-state index in [0.717, 1.165) is 16.9 Å². The van der Waals surface area contributed by atoms with Crippen LogP contribution in [0, 0.1) is 0 Å². The minimum absolute atomic E-state index is 0.127. The molecule has 0 aliphatic rings. The molecule has 3 rings (SSSR count). The third kappa shape index (κ3) is 4.62. The summed E-state index contributed by atoms with van der Waals surface area (Å²) in [7, 11) is 4.74. The van der Waals surface area contributed by atoms with Gasteiger partial charge in [-0.3, -0.25) is 4.79 Å². The van der Waals surface area contributed by atoms with Crippen molar-refractivity contribution in [2.75, 3.05) is 21.3 Å². The van der Waals surface area contributed by atoms with Gasteiger partial charge in [-0.05, 0) is 29.8 Å². The topological polar surface area (TPSA) is 82.8 Å². The van der Waals surface area contributed by atoms with Crippen molar-refractivity contribution in [3.63, 3.8) is 0 Å². The van der Waals surface area contributed by atoms with Crippen molar-refractivity contribution < 1.29 is 23.5 Å². The molecule has 0 fully saturated rings. The maximum absolute atomic E-state index is 12.2. The molecule has 0 aliphatic carbocycles. The van der Waals surface area contributed by atoms with E-state index in [1.54, 1.807) is 39.5 Å². The fraction of sp³-hybridized carbons (Fsp3) is 0.238. The van der Waals surface area contributed by atoms with Crippen LogP contribution in [0.4, 0.5) is 0 Å². The second-order valence-corrected chi connectivity index (χ2v) is 6.06. The fourth-order valence-corrected chi connectivity index (χ4v) is 2.74. The van der Waals surface area contributed by atoms with Crippen molar-refractivity contribution in [3.05, 3.63) is 59.8 Å². The predicted molar refractivity (Wildman–Crippen MR) is 104 cm³/mol. The maximum atomic E-state index is 12.2. The van der Waals surface area contributed by atoms with Crippen LogP contribution in [0.5, 0.6) is 17.2 Å². The van der Waals surface area contributed by atoms with Crippen LogP contribution in [-0.2, 0) is 17.8 Å². The molecule has 0 unspecified atom stereocenters. The summed E-state index contributed by atoms with van der Waals surface area (Å²) >= 11 is 0. The second kappa shape index (κ2) is 8.94. The molecule has 0 saturated carbocycles. The Bertz CT molecular complexity index is 951. The molecule has 146 valence electrons. The van der Waals surface area contributed by atoms with Crippen LogP contribution < -0.4 is 19.5 Å². The molecular weight excluding hydrogens is 360 g/mol. The SMILES string of the molecule is COc1cccc(-c2cc(CNC(=O)Cc3ccc(OC)c(OC)c3)no2)c1. The van der Waals surface area contributed by atoms with Gasteiger partial charge in [0.2, 0.25) is 5.91 Å². The van der Waals surface area contributed by atoms with Gasteiger partial charge in [-0.2, -0.15) is 0 Å². The van der Waals surface area contributed by atoms with Crippen molar-refractivity contribution in [1.29, 1.82) is 0 Å². The van der Waals surface area contributed by atoms with E-state index in [0.29, 0.717) is 23.0 Å². The Morgan fingerprint density at radius 3 is 2.57 bits per heavy atom. The molecule has 28 heavy (non-hydrogen) atoms. The van der Waals surface area contributed by atoms with E-state index in [2.05, 4.69) is 10.5 Å². The molecule has 1 heterocycles. The standard InChI is InChI=1S/C21H22N2O5/c1-25-17-6-4-5-15(11-17)19-12-16(23-28-19)13-22-21(24)10-14-7-8-18(26-2)20(9-14)27-3/h4-9,11-12H,10,13H2,1-3H3,(H,22,24). The average molecular weight is 382 g/mol. The Balaban J connectivity index is 1.58. The van der Waals surface area contributed by atoms with Crippen molar-refractivity contribution in [2.24, 2.45) is 0 Å². The molecular formula is C21H22N2O5. The van der Waals surface area contributed by atoms with E-state index in [9.17, 15) is 4.79 Å². The van der Waals surface area contributed by atoms with Gasteiger partial charge < -0.3 is 24.1 Å². The summed E-state index contributed by atoms with van der Waals surface area (Å²) in [6.07, 6.45) is 0.223. The minimum Gasteiger partial charge on any atom is -0.497 e. The normalized spacial score (nSPS) is 10.4. The monoisotopic (exact) mass is 382 g/mol. The fourth-order valence-electron chi connectivity index (χ4n) is 2.74. The van der Waals surface area contributed by atoms with Gasteiger partial charge in [-0.25, -0.2) is 0 Å². The van der Waals surface area contributed by atoms with Gasteiger partial charge in [0, 0.05) is 11.6 Å². The van der Waals surface area contributed by atoms with E-state index >= 15 is 0 Å². The Labute approximate surface area is 163 Å². The van der Waals surface area contributed by atoms with Crippen LogP contribution in [0.3, 0.4) is 0 Å². The first-order valence-electron chi connectivity index (χ1n) is 8.70. The highest BCUT2D eigenvalue weighted by atomic mass is 16.5. The molecule has 0 aliphatic heterocycles. The highest BCUT2D eigenvalue weighted by molar-refractivity contribution is 5.78. The summed E-state index contributed by atoms with van der Waals surface area (Å²) in [5.74, 6) is 2.44. The maximum Gasteiger partial charge on any atom is 0.224 e. The van der Waals surface area contributed by atoms with E-state index in [4.69, 9.17) is 18.7 Å². The van der Waals surface area contributed by atoms with Gasteiger partial charge in [-0.1, -0.05) is 23.4 Å². The zero-order valence-corrected chi connectivity index (χ0v) is 16.0. The molecule has 3 aromatic rings. The van der Waals surface area contributed by atoms with Crippen molar-refractivity contribution in [3.8, 4) is 28.6 Å². The van der Waals surface area contributed by atoms with Gasteiger partial charge in [-0.15, -0.1) is 0 Å². The minimum atomic E-state index is -0.127. The van der Waals surface area contributed by atoms with Crippen molar-refractivity contribution >= 4 is 5.91 Å². The summed E-state index contributed by atoms with van der Waals surface area (Å²) in [4.78, 5) is 12.2. The van der Waals surface area contributed by atoms with Crippen LogP contribution in [-0.4, -0.2) is 32.4 Å². The number of amides is 1. The number of aromatic nitrogens is 1. The zero-order chi connectivity index (χ0) is 19.9. The largest absolute Gasteiger partial charge is 0.497 e. The van der Waals surface area contributed by atoms with Gasteiger partial charge in [0.05, 0.1) is 34.3 Å². The van der Waals surface area contributed by atoms with E-state index in [1.165, 1.54) is 0 Å². The molecule has 0 bridgehead atoms. The predicted octanol–water partition coefficient (Wildman–Crippen LogP) is 3.23. The molecule has 1 amide bonds. The second-order valence-electron chi connectivity index (χ2n) is 6.06. The van der Waals surface area contributed by atoms with Crippen molar-refractivity contribution in [1.82, 2.24) is 10.5 Å². The van der Waals surface area contributed by atoms with Crippen LogP contribution in [0.2, 0.25) is 0 Å². The number of carbonyl (C=O) groups excluding carboxylic acids is 1. The quantitative estimate of drug-likeness (QED) is 0.644. The number of hydrogen-bond donors (Lipinski definition) is 1. The molecule has 1 N–H and O–H groups in total. The van der Waals surface area contributed by atoms with Crippen LogP contribution in [0.1, 0.15) is 11.3 Å². The molecule has 0 saturated heterocycles. The van der Waals surface area contributed by atoms with Crippen LogP contribution >= 0.6 is 0 Å². The smallest absolute Gasteiger partial charge is 0.224 e. The summed E-state index contributed by atoms with van der Waals surface area (Å²) in [5.41, 5.74) is 2.32. The lowest BCUT2D eigenvalue weighted by Crippen LogP contribution is -2.24. The highest BCUT2D eigenvalue weighted by Gasteiger charge is 2.11. The lowest BCUT2D eigenvalue weighted by Gasteiger charge is -2.09.